The minimum absolute atomic E-state index is 0.208. The van der Waals surface area contributed by atoms with E-state index in [1.165, 1.54) is 0 Å². The lowest BCUT2D eigenvalue weighted by molar-refractivity contribution is 0.0699. The van der Waals surface area contributed by atoms with Crippen LogP contribution in [0.15, 0.2) is 36.4 Å². The van der Waals surface area contributed by atoms with Gasteiger partial charge in [-0.05, 0) is 49.2 Å². The number of aryl methyl sites for hydroxylation is 2. The van der Waals surface area contributed by atoms with Crippen molar-refractivity contribution in [3.05, 3.63) is 63.1 Å². The summed E-state index contributed by atoms with van der Waals surface area (Å²) in [5.74, 6) is -0.994. The Morgan fingerprint density at radius 2 is 1.83 bits per heavy atom. The molecule has 0 aliphatic carbocycles. The van der Waals surface area contributed by atoms with Crippen LogP contribution in [0.3, 0.4) is 0 Å². The van der Waals surface area contributed by atoms with Gasteiger partial charge in [0.05, 0.1) is 21.8 Å². The van der Waals surface area contributed by atoms with Crippen LogP contribution in [0.25, 0.3) is 22.2 Å². The molecule has 116 valence electrons. The van der Waals surface area contributed by atoms with Gasteiger partial charge in [-0.25, -0.2) is 9.78 Å². The third-order valence-corrected chi connectivity index (χ3v) is 4.49. The highest BCUT2D eigenvalue weighted by Gasteiger charge is 2.16. The van der Waals surface area contributed by atoms with Crippen molar-refractivity contribution in [2.24, 2.45) is 0 Å². The van der Waals surface area contributed by atoms with Crippen LogP contribution < -0.4 is 0 Å². The molecule has 0 fully saturated rings. The van der Waals surface area contributed by atoms with Gasteiger partial charge in [-0.2, -0.15) is 0 Å². The van der Waals surface area contributed by atoms with E-state index in [1.807, 2.05) is 19.9 Å². The second-order valence-electron chi connectivity index (χ2n) is 5.39. The number of rotatable bonds is 2. The van der Waals surface area contributed by atoms with Crippen LogP contribution in [0.1, 0.15) is 21.5 Å². The number of carbonyl (C=O) groups is 1. The molecular weight excluding hydrogens is 333 g/mol. The molecule has 0 spiro atoms. The number of nitrogens with zero attached hydrogens (tertiary/aromatic N) is 1. The average molecular weight is 346 g/mol. The van der Waals surface area contributed by atoms with E-state index in [0.29, 0.717) is 32.2 Å². The molecule has 0 amide bonds. The van der Waals surface area contributed by atoms with Gasteiger partial charge in [0.25, 0.3) is 0 Å². The maximum absolute atomic E-state index is 11.7. The number of aromatic nitrogens is 1. The summed E-state index contributed by atoms with van der Waals surface area (Å²) < 4.78 is 0. The predicted octanol–water partition coefficient (Wildman–Crippen LogP) is 5.52. The Morgan fingerprint density at radius 1 is 1.09 bits per heavy atom. The predicted molar refractivity (Wildman–Crippen MR) is 93.6 cm³/mol. The van der Waals surface area contributed by atoms with Crippen molar-refractivity contribution < 1.29 is 9.90 Å². The smallest absolute Gasteiger partial charge is 0.336 e. The first-order valence-electron chi connectivity index (χ1n) is 6.98. The molecule has 0 saturated carbocycles. The van der Waals surface area contributed by atoms with Crippen LogP contribution in [0.5, 0.6) is 0 Å². The fraction of sp³-hybridized carbons (Fsp3) is 0.111. The number of pyridine rings is 1. The number of carboxylic acids is 1. The molecule has 3 nitrogen and oxygen atoms in total. The van der Waals surface area contributed by atoms with Crippen molar-refractivity contribution in [2.45, 2.75) is 13.8 Å². The van der Waals surface area contributed by atoms with Gasteiger partial charge in [0, 0.05) is 16.0 Å². The van der Waals surface area contributed by atoms with E-state index < -0.39 is 5.97 Å². The quantitative estimate of drug-likeness (QED) is 0.664. The highest BCUT2D eigenvalue weighted by molar-refractivity contribution is 6.36. The van der Waals surface area contributed by atoms with E-state index in [-0.39, 0.29) is 5.56 Å². The summed E-state index contributed by atoms with van der Waals surface area (Å²) in [7, 11) is 0. The molecule has 3 rings (SSSR count). The normalized spacial score (nSPS) is 11.0. The molecule has 0 radical (unpaired) electrons. The molecule has 0 aliphatic heterocycles. The van der Waals surface area contributed by atoms with E-state index in [4.69, 9.17) is 23.2 Å². The lowest BCUT2D eigenvalue weighted by Gasteiger charge is -2.11. The molecule has 5 heteroatoms. The van der Waals surface area contributed by atoms with Gasteiger partial charge in [0.15, 0.2) is 0 Å². The van der Waals surface area contributed by atoms with Gasteiger partial charge in [-0.3, -0.25) is 0 Å². The number of benzene rings is 2. The number of halogens is 2. The van der Waals surface area contributed by atoms with Crippen LogP contribution in [-0.2, 0) is 0 Å². The van der Waals surface area contributed by atoms with Crippen molar-refractivity contribution in [1.82, 2.24) is 4.98 Å². The molecule has 0 saturated heterocycles. The van der Waals surface area contributed by atoms with Gasteiger partial charge in [-0.1, -0.05) is 35.3 Å². The summed E-state index contributed by atoms with van der Waals surface area (Å²) in [4.78, 5) is 16.3. The largest absolute Gasteiger partial charge is 0.478 e. The average Bonchev–Trinajstić information content (AvgIpc) is 2.50. The van der Waals surface area contributed by atoms with Crippen molar-refractivity contribution in [2.75, 3.05) is 0 Å². The number of hydrogen-bond donors (Lipinski definition) is 1. The van der Waals surface area contributed by atoms with Gasteiger partial charge >= 0.3 is 5.97 Å². The number of aromatic carboxylic acids is 1. The first-order chi connectivity index (χ1) is 10.9. The molecule has 1 aromatic heterocycles. The first kappa shape index (κ1) is 15.8. The highest BCUT2D eigenvalue weighted by Crippen LogP contribution is 2.33. The molecule has 0 unspecified atom stereocenters. The number of carboxylic acid groups (broad SMARTS) is 1. The Bertz CT molecular complexity index is 951. The Balaban J connectivity index is 2.38. The Morgan fingerprint density at radius 3 is 2.48 bits per heavy atom. The topological polar surface area (TPSA) is 50.2 Å². The van der Waals surface area contributed by atoms with Crippen LogP contribution in [0, 0.1) is 13.8 Å². The van der Waals surface area contributed by atoms with Crippen molar-refractivity contribution in [1.29, 1.82) is 0 Å². The fourth-order valence-corrected chi connectivity index (χ4v) is 3.05. The zero-order valence-electron chi connectivity index (χ0n) is 12.5. The second-order valence-corrected chi connectivity index (χ2v) is 6.23. The Labute approximate surface area is 143 Å². The van der Waals surface area contributed by atoms with Crippen LogP contribution >= 0.6 is 23.2 Å². The van der Waals surface area contributed by atoms with Gasteiger partial charge in [-0.15, -0.1) is 0 Å². The van der Waals surface area contributed by atoms with E-state index >= 15 is 0 Å². The zero-order valence-corrected chi connectivity index (χ0v) is 14.0. The summed E-state index contributed by atoms with van der Waals surface area (Å²) in [5, 5.41) is 11.1. The standard InChI is InChI=1S/C18H13Cl2NO2/c1-9-3-5-12-14(18(22)23)8-16(21-17(12)10(9)2)13-6-4-11(19)7-15(13)20/h3-8H,1-2H3,(H,22,23). The number of fused-ring (bicyclic) bond motifs is 1. The van der Waals surface area contributed by atoms with Gasteiger partial charge < -0.3 is 5.11 Å². The Hall–Kier alpha value is -2.10. The maximum atomic E-state index is 11.7. The molecule has 23 heavy (non-hydrogen) atoms. The Kier molecular flexibility index (Phi) is 4.00. The molecule has 1 heterocycles. The highest BCUT2D eigenvalue weighted by atomic mass is 35.5. The number of hydrogen-bond acceptors (Lipinski definition) is 2. The molecule has 0 atom stereocenters. The van der Waals surface area contributed by atoms with Gasteiger partial charge in [0.2, 0.25) is 0 Å². The van der Waals surface area contributed by atoms with Crippen LogP contribution in [0.4, 0.5) is 0 Å². The first-order valence-corrected chi connectivity index (χ1v) is 7.73. The summed E-state index contributed by atoms with van der Waals surface area (Å²) in [6.45, 7) is 3.91. The molecule has 2 aromatic carbocycles. The molecule has 0 aliphatic rings. The summed E-state index contributed by atoms with van der Waals surface area (Å²) in [6, 6.07) is 10.3. The van der Waals surface area contributed by atoms with Crippen LogP contribution in [0.2, 0.25) is 10.0 Å². The fourth-order valence-electron chi connectivity index (χ4n) is 2.54. The molecular formula is C18H13Cl2NO2. The minimum Gasteiger partial charge on any atom is -0.478 e. The van der Waals surface area contributed by atoms with Crippen molar-refractivity contribution in [3.63, 3.8) is 0 Å². The van der Waals surface area contributed by atoms with E-state index in [9.17, 15) is 9.90 Å². The lowest BCUT2D eigenvalue weighted by Crippen LogP contribution is -2.02. The maximum Gasteiger partial charge on any atom is 0.336 e. The molecule has 1 N–H and O–H groups in total. The zero-order chi connectivity index (χ0) is 16.7. The second kappa shape index (κ2) is 5.84. The van der Waals surface area contributed by atoms with Crippen molar-refractivity contribution >= 4 is 40.1 Å². The minimum atomic E-state index is -0.994. The monoisotopic (exact) mass is 345 g/mol. The van der Waals surface area contributed by atoms with Crippen LogP contribution in [-0.4, -0.2) is 16.1 Å². The third kappa shape index (κ3) is 2.78. The van der Waals surface area contributed by atoms with E-state index in [2.05, 4.69) is 4.98 Å². The molecule has 0 bridgehead atoms. The summed E-state index contributed by atoms with van der Waals surface area (Å²) in [6.07, 6.45) is 0. The van der Waals surface area contributed by atoms with Crippen molar-refractivity contribution in [3.8, 4) is 11.3 Å². The molecule has 3 aromatic rings. The summed E-state index contributed by atoms with van der Waals surface area (Å²) in [5.41, 5.74) is 4.06. The van der Waals surface area contributed by atoms with Gasteiger partial charge in [0.1, 0.15) is 0 Å². The SMILES string of the molecule is Cc1ccc2c(C(=O)O)cc(-c3ccc(Cl)cc3Cl)nc2c1C. The summed E-state index contributed by atoms with van der Waals surface area (Å²) >= 11 is 12.2. The van der Waals surface area contributed by atoms with E-state index in [1.54, 1.807) is 30.3 Å². The lowest BCUT2D eigenvalue weighted by atomic mass is 9.99. The van der Waals surface area contributed by atoms with E-state index in [0.717, 1.165) is 11.1 Å². The third-order valence-electron chi connectivity index (χ3n) is 3.94.